The first-order valence-electron chi connectivity index (χ1n) is 10.4. The molecule has 0 bridgehead atoms. The summed E-state index contributed by atoms with van der Waals surface area (Å²) in [5, 5.41) is 3.77. The largest absolute Gasteiger partial charge is 0.354 e. The molecule has 8 heteroatoms. The molecule has 1 atom stereocenters. The van der Waals surface area contributed by atoms with E-state index in [0.717, 1.165) is 20.8 Å². The van der Waals surface area contributed by atoms with Gasteiger partial charge in [0, 0.05) is 6.54 Å². The number of benzene rings is 2. The zero-order valence-corrected chi connectivity index (χ0v) is 19.9. The zero-order valence-electron chi connectivity index (χ0n) is 18.3. The Morgan fingerprint density at radius 3 is 2.61 bits per heavy atom. The molecule has 1 heterocycles. The first kappa shape index (κ1) is 23.4. The van der Waals surface area contributed by atoms with E-state index >= 15 is 0 Å². The molecule has 3 aromatic rings. The fourth-order valence-electron chi connectivity index (χ4n) is 3.44. The van der Waals surface area contributed by atoms with Gasteiger partial charge in [-0.15, -0.1) is 11.3 Å². The SMILES string of the molecule is Cc1cccc(CCNC(=O)C(CC(C)C)NS(=O)(=O)c2ccc3nc(C)sc3c2)c1. The first-order chi connectivity index (χ1) is 14.6. The summed E-state index contributed by atoms with van der Waals surface area (Å²) in [6.07, 6.45) is 1.10. The van der Waals surface area contributed by atoms with Crippen LogP contribution in [0.1, 0.15) is 36.4 Å². The number of carbonyl (C=O) groups is 1. The van der Waals surface area contributed by atoms with Crippen molar-refractivity contribution in [2.45, 2.75) is 51.5 Å². The molecule has 0 aliphatic carbocycles. The maximum atomic E-state index is 13.0. The summed E-state index contributed by atoms with van der Waals surface area (Å²) >= 11 is 1.45. The molecule has 166 valence electrons. The molecular weight excluding hydrogens is 430 g/mol. The summed E-state index contributed by atoms with van der Waals surface area (Å²) in [6, 6.07) is 12.1. The average Bonchev–Trinajstić information content (AvgIpc) is 3.06. The maximum Gasteiger partial charge on any atom is 0.241 e. The third-order valence-corrected chi connectivity index (χ3v) is 7.30. The Morgan fingerprint density at radius 1 is 1.13 bits per heavy atom. The van der Waals surface area contributed by atoms with Gasteiger partial charge in [0.25, 0.3) is 0 Å². The molecule has 0 saturated heterocycles. The first-order valence-corrected chi connectivity index (χ1v) is 12.7. The molecule has 0 aliphatic heterocycles. The number of fused-ring (bicyclic) bond motifs is 1. The van der Waals surface area contributed by atoms with Crippen molar-refractivity contribution in [2.24, 2.45) is 5.92 Å². The molecule has 2 N–H and O–H groups in total. The van der Waals surface area contributed by atoms with Crippen LogP contribution in [-0.2, 0) is 21.2 Å². The number of aromatic nitrogens is 1. The Morgan fingerprint density at radius 2 is 1.90 bits per heavy atom. The average molecular weight is 460 g/mol. The predicted octanol–water partition coefficient (Wildman–Crippen LogP) is 3.97. The van der Waals surface area contributed by atoms with Gasteiger partial charge in [0.1, 0.15) is 6.04 Å². The normalized spacial score (nSPS) is 12.9. The van der Waals surface area contributed by atoms with Gasteiger partial charge in [-0.3, -0.25) is 4.79 Å². The van der Waals surface area contributed by atoms with Gasteiger partial charge in [0.05, 0.1) is 20.1 Å². The molecule has 0 radical (unpaired) electrons. The lowest BCUT2D eigenvalue weighted by atomic mass is 10.0. The number of sulfonamides is 1. The van der Waals surface area contributed by atoms with Crippen LogP contribution >= 0.6 is 11.3 Å². The summed E-state index contributed by atoms with van der Waals surface area (Å²) in [6.45, 7) is 8.29. The van der Waals surface area contributed by atoms with Gasteiger partial charge in [-0.1, -0.05) is 43.7 Å². The van der Waals surface area contributed by atoms with E-state index in [9.17, 15) is 13.2 Å². The van der Waals surface area contributed by atoms with Gasteiger partial charge in [-0.2, -0.15) is 4.72 Å². The lowest BCUT2D eigenvalue weighted by Crippen LogP contribution is -2.47. The van der Waals surface area contributed by atoms with E-state index in [1.54, 1.807) is 12.1 Å². The van der Waals surface area contributed by atoms with Crippen molar-refractivity contribution in [2.75, 3.05) is 6.54 Å². The molecule has 31 heavy (non-hydrogen) atoms. The standard InChI is InChI=1S/C23H29N3O3S2/c1-15(2)12-21(23(27)24-11-10-18-7-5-6-16(3)13-18)26-31(28,29)19-8-9-20-22(14-19)30-17(4)25-20/h5-9,13-15,21,26H,10-12H2,1-4H3,(H,24,27). The summed E-state index contributed by atoms with van der Waals surface area (Å²) in [5.74, 6) is -0.151. The summed E-state index contributed by atoms with van der Waals surface area (Å²) < 4.78 is 29.4. The fourth-order valence-corrected chi connectivity index (χ4v) is 5.62. The van der Waals surface area contributed by atoms with Crippen molar-refractivity contribution in [3.05, 3.63) is 58.6 Å². The smallest absolute Gasteiger partial charge is 0.241 e. The molecule has 2 aromatic carbocycles. The number of carbonyl (C=O) groups excluding carboxylic acids is 1. The Bertz CT molecular complexity index is 1170. The molecule has 0 fully saturated rings. The van der Waals surface area contributed by atoms with Crippen LogP contribution < -0.4 is 10.0 Å². The number of nitrogens with one attached hydrogen (secondary N) is 2. The molecule has 1 amide bonds. The number of rotatable bonds is 9. The Hall–Kier alpha value is -2.29. The molecule has 6 nitrogen and oxygen atoms in total. The molecular formula is C23H29N3O3S2. The third-order valence-electron chi connectivity index (χ3n) is 4.89. The summed E-state index contributed by atoms with van der Waals surface area (Å²) in [7, 11) is -3.85. The number of hydrogen-bond donors (Lipinski definition) is 2. The van der Waals surface area contributed by atoms with Crippen LogP contribution in [0.2, 0.25) is 0 Å². The van der Waals surface area contributed by atoms with Crippen molar-refractivity contribution in [1.29, 1.82) is 0 Å². The van der Waals surface area contributed by atoms with Crippen molar-refractivity contribution < 1.29 is 13.2 Å². The van der Waals surface area contributed by atoms with Crippen LogP contribution in [0.3, 0.4) is 0 Å². The highest BCUT2D eigenvalue weighted by Gasteiger charge is 2.26. The van der Waals surface area contributed by atoms with E-state index in [1.807, 2.05) is 45.9 Å². The minimum Gasteiger partial charge on any atom is -0.354 e. The van der Waals surface area contributed by atoms with Crippen LogP contribution in [0.5, 0.6) is 0 Å². The monoisotopic (exact) mass is 459 g/mol. The number of amides is 1. The van der Waals surface area contributed by atoms with Crippen molar-refractivity contribution in [1.82, 2.24) is 15.0 Å². The minimum absolute atomic E-state index is 0.143. The van der Waals surface area contributed by atoms with E-state index in [0.29, 0.717) is 19.4 Å². The lowest BCUT2D eigenvalue weighted by molar-refractivity contribution is -0.123. The quantitative estimate of drug-likeness (QED) is 0.507. The number of hydrogen-bond acceptors (Lipinski definition) is 5. The van der Waals surface area contributed by atoms with Crippen molar-refractivity contribution in [3.8, 4) is 0 Å². The van der Waals surface area contributed by atoms with Gasteiger partial charge in [0.15, 0.2) is 0 Å². The molecule has 0 spiro atoms. The highest BCUT2D eigenvalue weighted by Crippen LogP contribution is 2.25. The number of aryl methyl sites for hydroxylation is 2. The second-order valence-electron chi connectivity index (χ2n) is 8.20. The van der Waals surface area contributed by atoms with Gasteiger partial charge >= 0.3 is 0 Å². The number of nitrogens with zero attached hydrogens (tertiary/aromatic N) is 1. The highest BCUT2D eigenvalue weighted by molar-refractivity contribution is 7.89. The van der Waals surface area contributed by atoms with E-state index in [1.165, 1.54) is 23.0 Å². The lowest BCUT2D eigenvalue weighted by Gasteiger charge is -2.20. The zero-order chi connectivity index (χ0) is 22.6. The van der Waals surface area contributed by atoms with Crippen LogP contribution in [-0.4, -0.2) is 31.9 Å². The van der Waals surface area contributed by atoms with E-state index in [-0.39, 0.29) is 16.7 Å². The van der Waals surface area contributed by atoms with E-state index in [4.69, 9.17) is 0 Å². The van der Waals surface area contributed by atoms with Crippen LogP contribution in [0.15, 0.2) is 47.4 Å². The molecule has 3 rings (SSSR count). The van der Waals surface area contributed by atoms with Gasteiger partial charge in [-0.05, 0) is 56.4 Å². The summed E-state index contributed by atoms with van der Waals surface area (Å²) in [5.41, 5.74) is 3.07. The summed E-state index contributed by atoms with van der Waals surface area (Å²) in [4.78, 5) is 17.3. The Balaban J connectivity index is 1.70. The third kappa shape index (κ3) is 6.35. The van der Waals surface area contributed by atoms with Crippen LogP contribution in [0.4, 0.5) is 0 Å². The van der Waals surface area contributed by atoms with E-state index < -0.39 is 16.1 Å². The highest BCUT2D eigenvalue weighted by atomic mass is 32.2. The second kappa shape index (κ2) is 9.89. The second-order valence-corrected chi connectivity index (χ2v) is 11.1. The fraction of sp³-hybridized carbons (Fsp3) is 0.391. The van der Waals surface area contributed by atoms with Gasteiger partial charge in [-0.25, -0.2) is 13.4 Å². The Kier molecular flexibility index (Phi) is 7.46. The van der Waals surface area contributed by atoms with Gasteiger partial charge < -0.3 is 5.32 Å². The maximum absolute atomic E-state index is 13.0. The topological polar surface area (TPSA) is 88.2 Å². The van der Waals surface area contributed by atoms with E-state index in [2.05, 4.69) is 21.1 Å². The number of thiazole rings is 1. The Labute approximate surface area is 188 Å². The molecule has 1 aromatic heterocycles. The van der Waals surface area contributed by atoms with Crippen molar-refractivity contribution >= 4 is 37.5 Å². The van der Waals surface area contributed by atoms with Gasteiger partial charge in [0.2, 0.25) is 15.9 Å². The van der Waals surface area contributed by atoms with Crippen LogP contribution in [0, 0.1) is 19.8 Å². The minimum atomic E-state index is -3.85. The molecule has 1 unspecified atom stereocenters. The van der Waals surface area contributed by atoms with Crippen molar-refractivity contribution in [3.63, 3.8) is 0 Å². The molecule has 0 saturated carbocycles. The molecule has 0 aliphatic rings. The van der Waals surface area contributed by atoms with Crippen LogP contribution in [0.25, 0.3) is 10.2 Å². The predicted molar refractivity (Wildman–Crippen MR) is 126 cm³/mol.